The van der Waals surface area contributed by atoms with Crippen LogP contribution in [0.2, 0.25) is 0 Å². The van der Waals surface area contributed by atoms with Crippen molar-refractivity contribution in [1.29, 1.82) is 0 Å². The topological polar surface area (TPSA) is 37.4 Å². The molecule has 0 bridgehead atoms. The first-order chi connectivity index (χ1) is 9.31. The predicted molar refractivity (Wildman–Crippen MR) is 77.2 cm³/mol. The maximum absolute atomic E-state index is 5.61. The average molecular weight is 263 g/mol. The molecule has 1 aromatic heterocycles. The minimum Gasteiger partial charge on any atom is -0.378 e. The van der Waals surface area contributed by atoms with Crippen molar-refractivity contribution >= 4 is 0 Å². The van der Waals surface area contributed by atoms with Crippen molar-refractivity contribution in [3.63, 3.8) is 0 Å². The van der Waals surface area contributed by atoms with Crippen LogP contribution in [0.4, 0.5) is 0 Å². The van der Waals surface area contributed by atoms with Gasteiger partial charge in [-0.05, 0) is 31.5 Å². The zero-order chi connectivity index (χ0) is 13.5. The standard InChI is InChI=1S/C15H25N3O/c1-3-6-16-10-14-12-19-9-8-18(14)11-15-13(2)5-4-7-17-15/h4-5,7,14,16H,3,6,8-12H2,1-2H3. The molecule has 2 rings (SSSR count). The highest BCUT2D eigenvalue weighted by molar-refractivity contribution is 5.17. The van der Waals surface area contributed by atoms with Gasteiger partial charge in [0, 0.05) is 31.9 Å². The third kappa shape index (κ3) is 4.27. The predicted octanol–water partition coefficient (Wildman–Crippen LogP) is 1.59. The van der Waals surface area contributed by atoms with E-state index in [9.17, 15) is 0 Å². The van der Waals surface area contributed by atoms with E-state index in [2.05, 4.69) is 35.1 Å². The summed E-state index contributed by atoms with van der Waals surface area (Å²) in [4.78, 5) is 6.99. The lowest BCUT2D eigenvalue weighted by atomic mass is 10.1. The molecule has 0 amide bonds. The SMILES string of the molecule is CCCNCC1COCCN1Cc1ncccc1C. The minimum atomic E-state index is 0.460. The summed E-state index contributed by atoms with van der Waals surface area (Å²) in [5, 5.41) is 3.49. The lowest BCUT2D eigenvalue weighted by Gasteiger charge is -2.35. The van der Waals surface area contributed by atoms with Crippen molar-refractivity contribution in [1.82, 2.24) is 15.2 Å². The van der Waals surface area contributed by atoms with E-state index >= 15 is 0 Å². The number of rotatable bonds is 6. The molecule has 2 heterocycles. The fourth-order valence-corrected chi connectivity index (χ4v) is 2.41. The van der Waals surface area contributed by atoms with E-state index in [1.165, 1.54) is 17.7 Å². The van der Waals surface area contributed by atoms with Crippen molar-refractivity contribution < 1.29 is 4.74 Å². The van der Waals surface area contributed by atoms with E-state index in [0.29, 0.717) is 6.04 Å². The van der Waals surface area contributed by atoms with Gasteiger partial charge in [0.25, 0.3) is 0 Å². The molecule has 0 radical (unpaired) electrons. The molecule has 1 aliphatic rings. The number of hydrogen-bond acceptors (Lipinski definition) is 4. The van der Waals surface area contributed by atoms with Crippen LogP contribution in [-0.2, 0) is 11.3 Å². The molecule has 4 heteroatoms. The summed E-state index contributed by atoms with van der Waals surface area (Å²) in [5.41, 5.74) is 2.46. The molecule has 0 spiro atoms. The van der Waals surface area contributed by atoms with Crippen LogP contribution in [0.15, 0.2) is 18.3 Å². The molecule has 106 valence electrons. The van der Waals surface area contributed by atoms with E-state index in [4.69, 9.17) is 4.74 Å². The van der Waals surface area contributed by atoms with E-state index < -0.39 is 0 Å². The minimum absolute atomic E-state index is 0.460. The van der Waals surface area contributed by atoms with E-state index in [1.807, 2.05) is 12.3 Å². The summed E-state index contributed by atoms with van der Waals surface area (Å²) in [7, 11) is 0. The first kappa shape index (κ1) is 14.4. The number of aryl methyl sites for hydroxylation is 1. The van der Waals surface area contributed by atoms with Gasteiger partial charge in [-0.2, -0.15) is 0 Å². The van der Waals surface area contributed by atoms with Crippen molar-refractivity contribution in [3.8, 4) is 0 Å². The second-order valence-corrected chi connectivity index (χ2v) is 5.17. The number of morpholine rings is 1. The second kappa shape index (κ2) is 7.58. The van der Waals surface area contributed by atoms with Gasteiger partial charge in [0.15, 0.2) is 0 Å². The molecular weight excluding hydrogens is 238 g/mol. The van der Waals surface area contributed by atoms with Crippen LogP contribution in [0.25, 0.3) is 0 Å². The Balaban J connectivity index is 1.93. The van der Waals surface area contributed by atoms with Gasteiger partial charge in [0.05, 0.1) is 18.9 Å². The normalized spacial score (nSPS) is 20.6. The summed E-state index contributed by atoms with van der Waals surface area (Å²) in [6.45, 7) is 9.97. The largest absolute Gasteiger partial charge is 0.378 e. The Labute approximate surface area is 116 Å². The Morgan fingerprint density at radius 1 is 1.53 bits per heavy atom. The summed E-state index contributed by atoms with van der Waals surface area (Å²) >= 11 is 0. The van der Waals surface area contributed by atoms with Crippen LogP contribution in [0.5, 0.6) is 0 Å². The number of ether oxygens (including phenoxy) is 1. The van der Waals surface area contributed by atoms with Crippen molar-refractivity contribution in [3.05, 3.63) is 29.6 Å². The van der Waals surface area contributed by atoms with Crippen LogP contribution in [0.3, 0.4) is 0 Å². The molecule has 1 N–H and O–H groups in total. The highest BCUT2D eigenvalue weighted by Crippen LogP contribution is 2.13. The van der Waals surface area contributed by atoms with Crippen LogP contribution >= 0.6 is 0 Å². The van der Waals surface area contributed by atoms with Crippen LogP contribution in [0, 0.1) is 6.92 Å². The molecular formula is C15H25N3O. The number of pyridine rings is 1. The number of nitrogens with zero attached hydrogens (tertiary/aromatic N) is 2. The third-order valence-corrected chi connectivity index (χ3v) is 3.63. The first-order valence-electron chi connectivity index (χ1n) is 7.24. The molecule has 19 heavy (non-hydrogen) atoms. The Morgan fingerprint density at radius 2 is 2.42 bits per heavy atom. The van der Waals surface area contributed by atoms with Crippen molar-refractivity contribution in [2.75, 3.05) is 32.8 Å². The van der Waals surface area contributed by atoms with Crippen LogP contribution in [0.1, 0.15) is 24.6 Å². The van der Waals surface area contributed by atoms with Gasteiger partial charge in [-0.15, -0.1) is 0 Å². The van der Waals surface area contributed by atoms with Gasteiger partial charge in [-0.25, -0.2) is 0 Å². The quantitative estimate of drug-likeness (QED) is 0.791. The number of aromatic nitrogens is 1. The fourth-order valence-electron chi connectivity index (χ4n) is 2.41. The lowest BCUT2D eigenvalue weighted by Crippen LogP contribution is -2.50. The molecule has 1 atom stereocenters. The van der Waals surface area contributed by atoms with Crippen molar-refractivity contribution in [2.45, 2.75) is 32.9 Å². The molecule has 4 nitrogen and oxygen atoms in total. The Hall–Kier alpha value is -0.970. The maximum Gasteiger partial charge on any atom is 0.0635 e. The zero-order valence-corrected chi connectivity index (χ0v) is 12.1. The fraction of sp³-hybridized carbons (Fsp3) is 0.667. The smallest absolute Gasteiger partial charge is 0.0635 e. The Morgan fingerprint density at radius 3 is 3.21 bits per heavy atom. The molecule has 1 aliphatic heterocycles. The van der Waals surface area contributed by atoms with E-state index in [1.54, 1.807) is 0 Å². The molecule has 1 saturated heterocycles. The molecule has 1 aromatic rings. The molecule has 1 unspecified atom stereocenters. The maximum atomic E-state index is 5.61. The lowest BCUT2D eigenvalue weighted by molar-refractivity contribution is -0.0114. The van der Waals surface area contributed by atoms with Gasteiger partial charge >= 0.3 is 0 Å². The summed E-state index contributed by atoms with van der Waals surface area (Å²) in [6.07, 6.45) is 3.06. The van der Waals surface area contributed by atoms with Crippen molar-refractivity contribution in [2.24, 2.45) is 0 Å². The van der Waals surface area contributed by atoms with Crippen LogP contribution < -0.4 is 5.32 Å². The van der Waals surface area contributed by atoms with Gasteiger partial charge in [0.1, 0.15) is 0 Å². The molecule has 0 aliphatic carbocycles. The second-order valence-electron chi connectivity index (χ2n) is 5.17. The monoisotopic (exact) mass is 263 g/mol. The highest BCUT2D eigenvalue weighted by atomic mass is 16.5. The third-order valence-electron chi connectivity index (χ3n) is 3.63. The average Bonchev–Trinajstić information content (AvgIpc) is 2.43. The van der Waals surface area contributed by atoms with Gasteiger partial charge in [-0.1, -0.05) is 13.0 Å². The Kier molecular flexibility index (Phi) is 5.76. The summed E-state index contributed by atoms with van der Waals surface area (Å²) in [6, 6.07) is 4.59. The van der Waals surface area contributed by atoms with Gasteiger partial charge in [-0.3, -0.25) is 9.88 Å². The molecule has 1 fully saturated rings. The van der Waals surface area contributed by atoms with Crippen LogP contribution in [-0.4, -0.2) is 48.8 Å². The Bertz CT molecular complexity index is 383. The van der Waals surface area contributed by atoms with E-state index in [-0.39, 0.29) is 0 Å². The van der Waals surface area contributed by atoms with E-state index in [0.717, 1.165) is 39.4 Å². The summed E-state index contributed by atoms with van der Waals surface area (Å²) in [5.74, 6) is 0. The summed E-state index contributed by atoms with van der Waals surface area (Å²) < 4.78 is 5.61. The highest BCUT2D eigenvalue weighted by Gasteiger charge is 2.23. The number of hydrogen-bond donors (Lipinski definition) is 1. The molecule has 0 saturated carbocycles. The first-order valence-corrected chi connectivity index (χ1v) is 7.24. The molecule has 0 aromatic carbocycles. The van der Waals surface area contributed by atoms with Gasteiger partial charge < -0.3 is 10.1 Å². The van der Waals surface area contributed by atoms with Gasteiger partial charge in [0.2, 0.25) is 0 Å². The zero-order valence-electron chi connectivity index (χ0n) is 12.1. The number of nitrogens with one attached hydrogen (secondary N) is 1.